The highest BCUT2D eigenvalue weighted by molar-refractivity contribution is 6.11. The molecule has 192 valence electrons. The van der Waals surface area contributed by atoms with E-state index in [9.17, 15) is 10.1 Å². The van der Waals surface area contributed by atoms with Crippen LogP contribution < -0.4 is 15.8 Å². The number of rotatable bonds is 6. The number of fused-ring (bicyclic) bond motifs is 1. The molecule has 0 fully saturated rings. The van der Waals surface area contributed by atoms with Crippen LogP contribution in [0.1, 0.15) is 11.3 Å². The summed E-state index contributed by atoms with van der Waals surface area (Å²) in [6.45, 7) is 5.30. The smallest absolute Gasteiger partial charge is 0.247 e. The van der Waals surface area contributed by atoms with E-state index >= 15 is 4.39 Å². The maximum atomic E-state index is 15.6. The van der Waals surface area contributed by atoms with Crippen molar-refractivity contribution in [3.63, 3.8) is 0 Å². The van der Waals surface area contributed by atoms with E-state index in [-0.39, 0.29) is 17.1 Å². The number of nitrogens with zero attached hydrogens (tertiary/aromatic N) is 4. The number of nitrogens with one attached hydrogen (secondary N) is 1. The molecule has 1 amide bonds. The van der Waals surface area contributed by atoms with Crippen molar-refractivity contribution in [1.82, 2.24) is 14.5 Å². The summed E-state index contributed by atoms with van der Waals surface area (Å²) in [5.41, 5.74) is 10.4. The molecule has 0 unspecified atom stereocenters. The van der Waals surface area contributed by atoms with Crippen LogP contribution >= 0.6 is 0 Å². The lowest BCUT2D eigenvalue weighted by Crippen LogP contribution is -2.07. The van der Waals surface area contributed by atoms with Gasteiger partial charge in [0.25, 0.3) is 0 Å². The number of hydrogen-bond donors (Lipinski definition) is 2. The number of hydrogen-bond acceptors (Lipinski definition) is 6. The number of amides is 1. The van der Waals surface area contributed by atoms with Gasteiger partial charge in [0.2, 0.25) is 11.8 Å². The molecule has 0 saturated heterocycles. The zero-order valence-electron chi connectivity index (χ0n) is 21.2. The predicted octanol–water partition coefficient (Wildman–Crippen LogP) is 6.12. The Morgan fingerprint density at radius 2 is 1.97 bits per heavy atom. The van der Waals surface area contributed by atoms with Crippen molar-refractivity contribution in [1.29, 1.82) is 5.26 Å². The number of anilines is 2. The second-order valence-corrected chi connectivity index (χ2v) is 8.81. The number of carbonyl (C=O) groups is 1. The van der Waals surface area contributed by atoms with Crippen molar-refractivity contribution in [2.24, 2.45) is 7.05 Å². The van der Waals surface area contributed by atoms with E-state index in [0.717, 1.165) is 11.8 Å². The second-order valence-electron chi connectivity index (χ2n) is 8.81. The molecule has 2 aromatic carbocycles. The van der Waals surface area contributed by atoms with Crippen molar-refractivity contribution in [2.75, 3.05) is 11.1 Å². The minimum absolute atomic E-state index is 0.209. The molecule has 0 aliphatic rings. The highest BCUT2D eigenvalue weighted by Crippen LogP contribution is 2.44. The van der Waals surface area contributed by atoms with E-state index in [1.54, 1.807) is 41.9 Å². The molecule has 3 heterocycles. The Balaban J connectivity index is 1.69. The molecule has 5 aromatic rings. The van der Waals surface area contributed by atoms with E-state index in [1.807, 2.05) is 31.2 Å². The van der Waals surface area contributed by atoms with E-state index in [1.165, 1.54) is 12.3 Å². The Kier molecular flexibility index (Phi) is 6.52. The summed E-state index contributed by atoms with van der Waals surface area (Å²) >= 11 is 0. The number of aryl methyl sites for hydroxylation is 2. The largest absolute Gasteiger partial charge is 0.439 e. The van der Waals surface area contributed by atoms with E-state index in [4.69, 9.17) is 10.5 Å². The fourth-order valence-electron chi connectivity index (χ4n) is 4.55. The third-order valence-electron chi connectivity index (χ3n) is 6.26. The minimum Gasteiger partial charge on any atom is -0.439 e. The number of aromatic nitrogens is 3. The molecule has 0 bridgehead atoms. The van der Waals surface area contributed by atoms with E-state index in [0.29, 0.717) is 44.9 Å². The lowest BCUT2D eigenvalue weighted by Gasteiger charge is -2.12. The van der Waals surface area contributed by atoms with Crippen LogP contribution in [0.5, 0.6) is 11.6 Å². The van der Waals surface area contributed by atoms with Crippen LogP contribution in [0.4, 0.5) is 15.9 Å². The number of benzene rings is 2. The van der Waals surface area contributed by atoms with Crippen LogP contribution in [0.3, 0.4) is 0 Å². The first-order valence-corrected chi connectivity index (χ1v) is 11.9. The van der Waals surface area contributed by atoms with Crippen LogP contribution in [0.2, 0.25) is 0 Å². The third-order valence-corrected chi connectivity index (χ3v) is 6.26. The molecule has 5 rings (SSSR count). The summed E-state index contributed by atoms with van der Waals surface area (Å²) in [5, 5.41) is 12.9. The van der Waals surface area contributed by atoms with Gasteiger partial charge in [-0.1, -0.05) is 24.8 Å². The molecule has 8 nitrogen and oxygen atoms in total. The van der Waals surface area contributed by atoms with Gasteiger partial charge >= 0.3 is 0 Å². The van der Waals surface area contributed by atoms with E-state index in [2.05, 4.69) is 27.9 Å². The topological polar surface area (TPSA) is 119 Å². The molecule has 3 N–H and O–H groups in total. The van der Waals surface area contributed by atoms with Crippen molar-refractivity contribution in [2.45, 2.75) is 6.92 Å². The van der Waals surface area contributed by atoms with Gasteiger partial charge in [0.05, 0.1) is 22.2 Å². The van der Waals surface area contributed by atoms with Gasteiger partial charge in [-0.05, 0) is 55.0 Å². The van der Waals surface area contributed by atoms with Crippen LogP contribution in [-0.2, 0) is 11.8 Å². The maximum absolute atomic E-state index is 15.6. The number of nitriles is 1. The SMILES string of the molecule is C=CC(=O)Nc1ccc(-c2c(-c3ccc(Oc4cccc(C)n4)cc3)c3c(N)ncc(C#N)c3n2C)c(F)c1. The van der Waals surface area contributed by atoms with Crippen molar-refractivity contribution in [3.8, 4) is 40.1 Å². The number of ether oxygens (including phenoxy) is 1. The summed E-state index contributed by atoms with van der Waals surface area (Å²) in [5.74, 6) is 0.218. The van der Waals surface area contributed by atoms with Gasteiger partial charge in [-0.2, -0.15) is 5.26 Å². The number of nitrogens with two attached hydrogens (primary N) is 1. The van der Waals surface area contributed by atoms with Gasteiger partial charge < -0.3 is 20.4 Å². The number of halogens is 1. The first kappa shape index (κ1) is 25.2. The van der Waals surface area contributed by atoms with Crippen molar-refractivity contribution < 1.29 is 13.9 Å². The maximum Gasteiger partial charge on any atom is 0.247 e. The fraction of sp³-hybridized carbons (Fsp3) is 0.0667. The first-order valence-electron chi connectivity index (χ1n) is 11.9. The highest BCUT2D eigenvalue weighted by Gasteiger charge is 2.25. The molecule has 0 aliphatic carbocycles. The Labute approximate surface area is 223 Å². The van der Waals surface area contributed by atoms with Crippen LogP contribution in [-0.4, -0.2) is 20.4 Å². The molecule has 0 saturated carbocycles. The average molecular weight is 519 g/mol. The average Bonchev–Trinajstić information content (AvgIpc) is 3.23. The molecule has 0 aliphatic heterocycles. The molecular formula is C30H23FN6O2. The first-order chi connectivity index (χ1) is 18.8. The summed E-state index contributed by atoms with van der Waals surface area (Å²) < 4.78 is 23.2. The minimum atomic E-state index is -0.570. The summed E-state index contributed by atoms with van der Waals surface area (Å²) in [6, 6.07) is 19.3. The van der Waals surface area contributed by atoms with Gasteiger partial charge in [-0.15, -0.1) is 0 Å². The third kappa shape index (κ3) is 4.67. The van der Waals surface area contributed by atoms with Crippen LogP contribution in [0.15, 0.2) is 79.5 Å². The fourth-order valence-corrected chi connectivity index (χ4v) is 4.55. The quantitative estimate of drug-likeness (QED) is 0.261. The molecule has 9 heteroatoms. The molecule has 0 atom stereocenters. The van der Waals surface area contributed by atoms with Crippen LogP contribution in [0.25, 0.3) is 33.3 Å². The zero-order valence-corrected chi connectivity index (χ0v) is 21.2. The number of nitrogen functional groups attached to an aromatic ring is 1. The summed E-state index contributed by atoms with van der Waals surface area (Å²) in [6.07, 6.45) is 2.51. The Hall–Kier alpha value is -5.49. The highest BCUT2D eigenvalue weighted by atomic mass is 19.1. The Morgan fingerprint density at radius 1 is 1.21 bits per heavy atom. The summed E-state index contributed by atoms with van der Waals surface area (Å²) in [4.78, 5) is 20.3. The molecular weight excluding hydrogens is 495 g/mol. The standard InChI is InChI=1S/C30H23FN6O2/c1-4-24(38)36-20-10-13-22(23(31)14-20)29-26(27-28(37(29)3)19(15-32)16-34-30(27)33)18-8-11-21(12-9-18)39-25-7-5-6-17(2)35-25/h4-14,16H,1H2,2-3H3,(H2,33,34)(H,36,38). The van der Waals surface area contributed by atoms with Gasteiger partial charge in [0.1, 0.15) is 23.5 Å². The van der Waals surface area contributed by atoms with Crippen molar-refractivity contribution >= 4 is 28.3 Å². The second kappa shape index (κ2) is 10.1. The predicted molar refractivity (Wildman–Crippen MR) is 149 cm³/mol. The molecule has 39 heavy (non-hydrogen) atoms. The zero-order chi connectivity index (χ0) is 27.7. The van der Waals surface area contributed by atoms with Gasteiger partial charge in [-0.25, -0.2) is 14.4 Å². The molecule has 3 aromatic heterocycles. The lowest BCUT2D eigenvalue weighted by atomic mass is 9.97. The Bertz CT molecular complexity index is 1800. The Morgan fingerprint density at radius 3 is 2.64 bits per heavy atom. The van der Waals surface area contributed by atoms with Gasteiger partial charge in [-0.3, -0.25) is 4.79 Å². The summed E-state index contributed by atoms with van der Waals surface area (Å²) in [7, 11) is 1.75. The van der Waals surface area contributed by atoms with Crippen LogP contribution in [0, 0.1) is 24.1 Å². The normalized spacial score (nSPS) is 10.7. The lowest BCUT2D eigenvalue weighted by molar-refractivity contribution is -0.111. The number of carbonyl (C=O) groups excluding carboxylic acids is 1. The van der Waals surface area contributed by atoms with E-state index < -0.39 is 11.7 Å². The van der Waals surface area contributed by atoms with Crippen molar-refractivity contribution in [3.05, 3.63) is 96.6 Å². The monoisotopic (exact) mass is 518 g/mol. The van der Waals surface area contributed by atoms with Gasteiger partial charge in [0, 0.05) is 41.8 Å². The molecule has 0 radical (unpaired) electrons. The van der Waals surface area contributed by atoms with Gasteiger partial charge in [0.15, 0.2) is 0 Å². The molecule has 0 spiro atoms. The number of pyridine rings is 2.